The number of nitrogens with two attached hydrogens (primary N) is 1. The first-order valence-electron chi connectivity index (χ1n) is 5.76. The molecule has 2 aromatic rings. The van der Waals surface area contributed by atoms with Crippen LogP contribution in [0.1, 0.15) is 12.6 Å². The van der Waals surface area contributed by atoms with Gasteiger partial charge in [0.2, 0.25) is 0 Å². The van der Waals surface area contributed by atoms with Crippen LogP contribution < -0.4 is 10.6 Å². The lowest BCUT2D eigenvalue weighted by Crippen LogP contribution is -2.23. The molecule has 0 fully saturated rings. The number of nitrogen functional groups attached to an aromatic ring is 1. The third kappa shape index (κ3) is 2.74. The lowest BCUT2D eigenvalue weighted by atomic mass is 10.2. The lowest BCUT2D eigenvalue weighted by Gasteiger charge is -2.22. The second kappa shape index (κ2) is 5.44. The van der Waals surface area contributed by atoms with Crippen molar-refractivity contribution in [1.29, 1.82) is 0 Å². The Morgan fingerprint density at radius 2 is 2.00 bits per heavy atom. The molecule has 18 heavy (non-hydrogen) atoms. The van der Waals surface area contributed by atoms with Gasteiger partial charge in [-0.05, 0) is 19.1 Å². The fourth-order valence-corrected chi connectivity index (χ4v) is 1.72. The third-order valence-corrected chi connectivity index (χ3v) is 2.65. The molecule has 0 saturated heterocycles. The summed E-state index contributed by atoms with van der Waals surface area (Å²) in [7, 11) is 0. The summed E-state index contributed by atoms with van der Waals surface area (Å²) >= 11 is 0. The van der Waals surface area contributed by atoms with Crippen LogP contribution in [0.3, 0.4) is 0 Å². The highest BCUT2D eigenvalue weighted by atomic mass is 19.1. The van der Waals surface area contributed by atoms with Gasteiger partial charge >= 0.3 is 0 Å². The van der Waals surface area contributed by atoms with E-state index in [1.54, 1.807) is 18.3 Å². The maximum atomic E-state index is 13.7. The topological polar surface area (TPSA) is 55.0 Å². The number of benzene rings is 1. The number of hydrogen-bond acceptors (Lipinski definition) is 4. The van der Waals surface area contributed by atoms with E-state index in [-0.39, 0.29) is 5.82 Å². The zero-order valence-electron chi connectivity index (χ0n) is 10.2. The van der Waals surface area contributed by atoms with Crippen LogP contribution >= 0.6 is 0 Å². The highest BCUT2D eigenvalue weighted by molar-refractivity contribution is 5.47. The van der Waals surface area contributed by atoms with E-state index in [4.69, 9.17) is 5.73 Å². The van der Waals surface area contributed by atoms with E-state index in [0.717, 1.165) is 5.69 Å². The van der Waals surface area contributed by atoms with Crippen LogP contribution in [0.4, 0.5) is 15.9 Å². The molecule has 2 N–H and O–H groups in total. The monoisotopic (exact) mass is 246 g/mol. The number of para-hydroxylation sites is 1. The second-order valence-corrected chi connectivity index (χ2v) is 3.90. The van der Waals surface area contributed by atoms with Crippen LogP contribution in [0.25, 0.3) is 0 Å². The first kappa shape index (κ1) is 12.3. The Morgan fingerprint density at radius 1 is 1.22 bits per heavy atom. The van der Waals surface area contributed by atoms with Crippen molar-refractivity contribution in [2.45, 2.75) is 13.5 Å². The van der Waals surface area contributed by atoms with Crippen LogP contribution in [-0.2, 0) is 6.54 Å². The Labute approximate surface area is 105 Å². The lowest BCUT2D eigenvalue weighted by molar-refractivity contribution is 0.617. The van der Waals surface area contributed by atoms with Crippen molar-refractivity contribution in [3.8, 4) is 0 Å². The van der Waals surface area contributed by atoms with Crippen LogP contribution in [0, 0.1) is 5.82 Å². The number of hydrogen-bond donors (Lipinski definition) is 1. The van der Waals surface area contributed by atoms with Crippen LogP contribution in [0.5, 0.6) is 0 Å². The van der Waals surface area contributed by atoms with Crippen molar-refractivity contribution in [2.24, 2.45) is 0 Å². The van der Waals surface area contributed by atoms with Crippen molar-refractivity contribution in [1.82, 2.24) is 9.97 Å². The number of halogens is 1. The highest BCUT2D eigenvalue weighted by Gasteiger charge is 2.10. The number of anilines is 2. The molecule has 1 aromatic carbocycles. The predicted molar refractivity (Wildman–Crippen MR) is 69.6 cm³/mol. The molecule has 0 radical (unpaired) electrons. The quantitative estimate of drug-likeness (QED) is 0.898. The van der Waals surface area contributed by atoms with E-state index >= 15 is 0 Å². The van der Waals surface area contributed by atoms with Gasteiger partial charge in [-0.25, -0.2) is 9.37 Å². The van der Waals surface area contributed by atoms with Gasteiger partial charge in [0.25, 0.3) is 0 Å². The second-order valence-electron chi connectivity index (χ2n) is 3.90. The number of aromatic nitrogens is 2. The molecule has 0 amide bonds. The van der Waals surface area contributed by atoms with Gasteiger partial charge in [-0.1, -0.05) is 12.1 Å². The molecule has 5 heteroatoms. The predicted octanol–water partition coefficient (Wildman–Crippen LogP) is 2.22. The molecule has 0 atom stereocenters. The normalized spacial score (nSPS) is 10.3. The first-order chi connectivity index (χ1) is 8.70. The molecule has 0 aliphatic heterocycles. The average molecular weight is 246 g/mol. The molecule has 4 nitrogen and oxygen atoms in total. The Balaban J connectivity index is 2.20. The van der Waals surface area contributed by atoms with Crippen molar-refractivity contribution in [3.05, 3.63) is 48.2 Å². The molecule has 94 valence electrons. The zero-order valence-corrected chi connectivity index (χ0v) is 10.2. The fraction of sp³-hybridized carbons (Fsp3) is 0.231. The molecule has 1 aromatic heterocycles. The fourth-order valence-electron chi connectivity index (χ4n) is 1.72. The van der Waals surface area contributed by atoms with E-state index in [2.05, 4.69) is 9.97 Å². The minimum absolute atomic E-state index is 0.234. The van der Waals surface area contributed by atoms with Crippen LogP contribution in [0.2, 0.25) is 0 Å². The summed E-state index contributed by atoms with van der Waals surface area (Å²) in [5, 5.41) is 0. The maximum Gasteiger partial charge on any atom is 0.146 e. The average Bonchev–Trinajstić information content (AvgIpc) is 2.39. The van der Waals surface area contributed by atoms with Crippen LogP contribution in [0.15, 0.2) is 36.7 Å². The first-order valence-corrected chi connectivity index (χ1v) is 5.76. The number of rotatable bonds is 4. The third-order valence-electron chi connectivity index (χ3n) is 2.65. The molecular formula is C13H15FN4. The highest BCUT2D eigenvalue weighted by Crippen LogP contribution is 2.19. The Bertz CT molecular complexity index is 513. The number of nitrogens with zero attached hydrogens (tertiary/aromatic N) is 3. The summed E-state index contributed by atoms with van der Waals surface area (Å²) in [6, 6.07) is 6.70. The SMILES string of the molecule is CCN(Cc1cnc(N)cn1)c1ccccc1F. The molecule has 1 heterocycles. The zero-order chi connectivity index (χ0) is 13.0. The van der Waals surface area contributed by atoms with Gasteiger partial charge in [-0.3, -0.25) is 4.98 Å². The van der Waals surface area contributed by atoms with E-state index in [9.17, 15) is 4.39 Å². The van der Waals surface area contributed by atoms with Crippen molar-refractivity contribution < 1.29 is 4.39 Å². The van der Waals surface area contributed by atoms with Gasteiger partial charge in [-0.2, -0.15) is 0 Å². The van der Waals surface area contributed by atoms with Gasteiger partial charge in [0.15, 0.2) is 0 Å². The summed E-state index contributed by atoms with van der Waals surface area (Å²) in [5.74, 6) is 0.149. The largest absolute Gasteiger partial charge is 0.382 e. The Hall–Kier alpha value is -2.17. The molecule has 2 rings (SSSR count). The Kier molecular flexibility index (Phi) is 3.72. The van der Waals surface area contributed by atoms with E-state index in [1.165, 1.54) is 12.3 Å². The standard InChI is InChI=1S/C13H15FN4/c1-2-18(12-6-4-3-5-11(12)14)9-10-7-17-13(15)8-16-10/h3-8H,2,9H2,1H3,(H2,15,17). The minimum atomic E-state index is -0.234. The summed E-state index contributed by atoms with van der Waals surface area (Å²) < 4.78 is 13.7. The Morgan fingerprint density at radius 3 is 2.61 bits per heavy atom. The molecule has 0 aliphatic carbocycles. The molecular weight excluding hydrogens is 231 g/mol. The van der Waals surface area contributed by atoms with E-state index in [0.29, 0.717) is 24.6 Å². The van der Waals surface area contributed by atoms with Crippen LogP contribution in [-0.4, -0.2) is 16.5 Å². The van der Waals surface area contributed by atoms with Crippen molar-refractivity contribution in [2.75, 3.05) is 17.2 Å². The van der Waals surface area contributed by atoms with Crippen molar-refractivity contribution >= 4 is 11.5 Å². The van der Waals surface area contributed by atoms with Gasteiger partial charge < -0.3 is 10.6 Å². The summed E-state index contributed by atoms with van der Waals surface area (Å²) in [5.41, 5.74) is 6.80. The summed E-state index contributed by atoms with van der Waals surface area (Å²) in [6.45, 7) is 3.16. The summed E-state index contributed by atoms with van der Waals surface area (Å²) in [6.07, 6.45) is 3.11. The van der Waals surface area contributed by atoms with Crippen molar-refractivity contribution in [3.63, 3.8) is 0 Å². The maximum absolute atomic E-state index is 13.7. The van der Waals surface area contributed by atoms with E-state index in [1.807, 2.05) is 17.9 Å². The van der Waals surface area contributed by atoms with Gasteiger partial charge in [0.05, 0.1) is 30.3 Å². The minimum Gasteiger partial charge on any atom is -0.382 e. The summed E-state index contributed by atoms with van der Waals surface area (Å²) in [4.78, 5) is 10.0. The van der Waals surface area contributed by atoms with Gasteiger partial charge in [0.1, 0.15) is 11.6 Å². The van der Waals surface area contributed by atoms with Gasteiger partial charge in [0, 0.05) is 6.54 Å². The molecule has 0 unspecified atom stereocenters. The molecule has 0 saturated carbocycles. The molecule has 0 spiro atoms. The van der Waals surface area contributed by atoms with E-state index < -0.39 is 0 Å². The van der Waals surface area contributed by atoms with Gasteiger partial charge in [-0.15, -0.1) is 0 Å². The molecule has 0 bridgehead atoms. The smallest absolute Gasteiger partial charge is 0.146 e. The molecule has 0 aliphatic rings.